The van der Waals surface area contributed by atoms with E-state index >= 15 is 0 Å². The molecule has 0 amide bonds. The van der Waals surface area contributed by atoms with E-state index in [1.807, 2.05) is 0 Å². The third kappa shape index (κ3) is 2.50. The van der Waals surface area contributed by atoms with Gasteiger partial charge in [0.2, 0.25) is 11.9 Å². The SMILES string of the molecule is NC1=NC2(CCCCC2)N(c2c(Cl)cc(F)cc2Cl)C(N)=N1. The number of rotatable bonds is 1. The van der Waals surface area contributed by atoms with Gasteiger partial charge in [-0.05, 0) is 37.8 Å². The van der Waals surface area contributed by atoms with Crippen molar-refractivity contribution in [1.29, 1.82) is 0 Å². The Balaban J connectivity index is 2.16. The molecule has 0 aromatic heterocycles. The minimum atomic E-state index is -0.653. The first-order chi connectivity index (χ1) is 10.4. The van der Waals surface area contributed by atoms with E-state index in [2.05, 4.69) is 9.98 Å². The van der Waals surface area contributed by atoms with Gasteiger partial charge in [0.15, 0.2) is 0 Å². The molecule has 5 nitrogen and oxygen atoms in total. The second-order valence-electron chi connectivity index (χ2n) is 5.54. The molecule has 118 valence electrons. The number of hydrogen-bond donors (Lipinski definition) is 2. The number of aliphatic imine (C=N–C) groups is 2. The van der Waals surface area contributed by atoms with E-state index in [0.717, 1.165) is 32.1 Å². The second kappa shape index (κ2) is 5.59. The predicted molar refractivity (Wildman–Crippen MR) is 88.0 cm³/mol. The standard InChI is InChI=1S/C14H16Cl2FN5/c15-9-6-8(17)7-10(16)11(9)22-13(19)20-12(18)21-14(22)4-2-1-3-5-14/h6-7H,1-5H2,(H4,18,19,20,21). The molecule has 2 aliphatic rings. The molecule has 1 aliphatic heterocycles. The molecule has 1 aromatic carbocycles. The molecule has 1 fully saturated rings. The maximum Gasteiger partial charge on any atom is 0.220 e. The zero-order chi connectivity index (χ0) is 15.9. The van der Waals surface area contributed by atoms with Crippen molar-refractivity contribution in [3.8, 4) is 0 Å². The number of guanidine groups is 2. The van der Waals surface area contributed by atoms with Crippen LogP contribution in [0.15, 0.2) is 22.1 Å². The van der Waals surface area contributed by atoms with Crippen LogP contribution in [-0.2, 0) is 0 Å². The molecule has 0 bridgehead atoms. The molecular weight excluding hydrogens is 328 g/mol. The van der Waals surface area contributed by atoms with E-state index in [4.69, 9.17) is 34.7 Å². The Hall–Kier alpha value is -1.53. The van der Waals surface area contributed by atoms with Crippen molar-refractivity contribution in [3.63, 3.8) is 0 Å². The van der Waals surface area contributed by atoms with Gasteiger partial charge in [-0.3, -0.25) is 4.90 Å². The first-order valence-electron chi connectivity index (χ1n) is 7.07. The van der Waals surface area contributed by atoms with Gasteiger partial charge >= 0.3 is 0 Å². The van der Waals surface area contributed by atoms with Gasteiger partial charge < -0.3 is 11.5 Å². The Labute approximate surface area is 137 Å². The smallest absolute Gasteiger partial charge is 0.220 e. The van der Waals surface area contributed by atoms with E-state index in [1.165, 1.54) is 12.1 Å². The third-order valence-corrected chi connectivity index (χ3v) is 4.63. The van der Waals surface area contributed by atoms with Crippen LogP contribution in [0, 0.1) is 5.82 Å². The van der Waals surface area contributed by atoms with Crippen LogP contribution in [0.3, 0.4) is 0 Å². The van der Waals surface area contributed by atoms with Crippen LogP contribution in [0.5, 0.6) is 0 Å². The summed E-state index contributed by atoms with van der Waals surface area (Å²) < 4.78 is 13.5. The average molecular weight is 344 g/mol. The van der Waals surface area contributed by atoms with Crippen LogP contribution in [0.4, 0.5) is 10.1 Å². The Bertz CT molecular complexity index is 644. The average Bonchev–Trinajstić information content (AvgIpc) is 2.41. The summed E-state index contributed by atoms with van der Waals surface area (Å²) in [7, 11) is 0. The summed E-state index contributed by atoms with van der Waals surface area (Å²) in [5, 5.41) is 0.340. The van der Waals surface area contributed by atoms with Gasteiger partial charge in [-0.1, -0.05) is 29.6 Å². The normalized spacial score (nSPS) is 20.8. The molecule has 3 rings (SSSR count). The number of hydrogen-bond acceptors (Lipinski definition) is 5. The summed E-state index contributed by atoms with van der Waals surface area (Å²) >= 11 is 12.4. The van der Waals surface area contributed by atoms with Crippen molar-refractivity contribution in [2.75, 3.05) is 4.90 Å². The van der Waals surface area contributed by atoms with E-state index in [1.54, 1.807) is 4.90 Å². The van der Waals surface area contributed by atoms with E-state index < -0.39 is 11.5 Å². The monoisotopic (exact) mass is 343 g/mol. The summed E-state index contributed by atoms with van der Waals surface area (Å²) in [6.07, 6.45) is 4.60. The Morgan fingerprint density at radius 2 is 1.68 bits per heavy atom. The number of nitrogens with zero attached hydrogens (tertiary/aromatic N) is 3. The topological polar surface area (TPSA) is 80.0 Å². The van der Waals surface area contributed by atoms with Crippen LogP contribution in [0.2, 0.25) is 10.0 Å². The van der Waals surface area contributed by atoms with Gasteiger partial charge in [0.25, 0.3) is 0 Å². The summed E-state index contributed by atoms with van der Waals surface area (Å²) in [6.45, 7) is 0. The van der Waals surface area contributed by atoms with Crippen molar-refractivity contribution in [2.45, 2.75) is 37.8 Å². The highest BCUT2D eigenvalue weighted by Crippen LogP contribution is 2.44. The molecule has 1 spiro atoms. The summed E-state index contributed by atoms with van der Waals surface area (Å²) in [4.78, 5) is 10.3. The number of nitrogens with two attached hydrogens (primary N) is 2. The minimum absolute atomic E-state index is 0.144. The summed E-state index contributed by atoms with van der Waals surface area (Å²) in [5.41, 5.74) is 11.7. The summed E-state index contributed by atoms with van der Waals surface area (Å²) in [5.74, 6) is -0.193. The van der Waals surface area contributed by atoms with Crippen LogP contribution < -0.4 is 16.4 Å². The molecule has 0 radical (unpaired) electrons. The first-order valence-corrected chi connectivity index (χ1v) is 7.83. The molecule has 1 saturated carbocycles. The Morgan fingerprint density at radius 3 is 2.27 bits per heavy atom. The van der Waals surface area contributed by atoms with Gasteiger partial charge in [0.05, 0.1) is 15.7 Å². The highest BCUT2D eigenvalue weighted by Gasteiger charge is 2.44. The first kappa shape index (κ1) is 15.4. The lowest BCUT2D eigenvalue weighted by Gasteiger charge is -2.46. The Kier molecular flexibility index (Phi) is 3.91. The number of halogens is 3. The zero-order valence-electron chi connectivity index (χ0n) is 11.8. The van der Waals surface area contributed by atoms with Crippen molar-refractivity contribution in [1.82, 2.24) is 0 Å². The molecule has 1 aliphatic carbocycles. The van der Waals surface area contributed by atoms with Crippen LogP contribution in [0.1, 0.15) is 32.1 Å². The fourth-order valence-corrected chi connectivity index (χ4v) is 3.82. The molecule has 4 N–H and O–H groups in total. The van der Waals surface area contributed by atoms with E-state index in [9.17, 15) is 4.39 Å². The van der Waals surface area contributed by atoms with Gasteiger partial charge in [-0.2, -0.15) is 4.99 Å². The highest BCUT2D eigenvalue weighted by atomic mass is 35.5. The van der Waals surface area contributed by atoms with Crippen molar-refractivity contribution >= 4 is 40.8 Å². The van der Waals surface area contributed by atoms with E-state index in [0.29, 0.717) is 5.69 Å². The minimum Gasteiger partial charge on any atom is -0.369 e. The lowest BCUT2D eigenvalue weighted by molar-refractivity contribution is 0.305. The van der Waals surface area contributed by atoms with Crippen molar-refractivity contribution < 1.29 is 4.39 Å². The molecule has 0 unspecified atom stereocenters. The van der Waals surface area contributed by atoms with Gasteiger partial charge in [0, 0.05) is 0 Å². The summed E-state index contributed by atoms with van der Waals surface area (Å²) in [6, 6.07) is 2.41. The quantitative estimate of drug-likeness (QED) is 0.821. The fourth-order valence-electron chi connectivity index (χ4n) is 3.19. The van der Waals surface area contributed by atoms with E-state index in [-0.39, 0.29) is 22.0 Å². The van der Waals surface area contributed by atoms with Crippen molar-refractivity contribution in [2.24, 2.45) is 21.5 Å². The maximum atomic E-state index is 13.5. The van der Waals surface area contributed by atoms with Gasteiger partial charge in [-0.15, -0.1) is 0 Å². The molecule has 1 heterocycles. The lowest BCUT2D eigenvalue weighted by atomic mass is 9.87. The van der Waals surface area contributed by atoms with Gasteiger partial charge in [0.1, 0.15) is 11.5 Å². The largest absolute Gasteiger partial charge is 0.369 e. The molecule has 22 heavy (non-hydrogen) atoms. The second-order valence-corrected chi connectivity index (χ2v) is 6.35. The number of anilines is 1. The molecule has 0 atom stereocenters. The number of benzene rings is 1. The zero-order valence-corrected chi connectivity index (χ0v) is 13.3. The molecule has 0 saturated heterocycles. The van der Waals surface area contributed by atoms with Crippen LogP contribution in [0.25, 0.3) is 0 Å². The fraction of sp³-hybridized carbons (Fsp3) is 0.429. The molecular formula is C14H16Cl2FN5. The van der Waals surface area contributed by atoms with Gasteiger partial charge in [-0.25, -0.2) is 9.38 Å². The maximum absolute atomic E-state index is 13.5. The highest BCUT2D eigenvalue weighted by molar-refractivity contribution is 6.40. The molecule has 1 aromatic rings. The predicted octanol–water partition coefficient (Wildman–Crippen LogP) is 3.24. The Morgan fingerprint density at radius 1 is 1.09 bits per heavy atom. The molecule has 8 heteroatoms. The van der Waals surface area contributed by atoms with Crippen LogP contribution in [-0.4, -0.2) is 17.6 Å². The lowest BCUT2D eigenvalue weighted by Crippen LogP contribution is -2.58. The van der Waals surface area contributed by atoms with Crippen LogP contribution >= 0.6 is 23.2 Å². The third-order valence-electron chi connectivity index (χ3n) is 4.06. The van der Waals surface area contributed by atoms with Crippen molar-refractivity contribution in [3.05, 3.63) is 28.0 Å².